The van der Waals surface area contributed by atoms with E-state index in [2.05, 4.69) is 0 Å². The van der Waals surface area contributed by atoms with Crippen LogP contribution in [0.2, 0.25) is 0 Å². The van der Waals surface area contributed by atoms with Crippen molar-refractivity contribution in [2.24, 2.45) is 0 Å². The maximum Gasteiger partial charge on any atom is 0.0900 e. The van der Waals surface area contributed by atoms with Crippen molar-refractivity contribution in [3.8, 4) is 0 Å². The Balaban J connectivity index is 3.51. The molecule has 0 amide bonds. The molecule has 2 unspecified atom stereocenters. The molecule has 0 fully saturated rings. The quantitative estimate of drug-likeness (QED) is 0.457. The van der Waals surface area contributed by atoms with Crippen LogP contribution in [0.1, 0.15) is 6.92 Å². The highest BCUT2D eigenvalue weighted by Gasteiger charge is 2.10. The molecule has 0 saturated carbocycles. The summed E-state index contributed by atoms with van der Waals surface area (Å²) >= 11 is 0. The van der Waals surface area contributed by atoms with E-state index in [1.165, 1.54) is 0 Å². The second-order valence-electron chi connectivity index (χ2n) is 4.35. The Kier molecular flexibility index (Phi) is 11.7. The van der Waals surface area contributed by atoms with Gasteiger partial charge in [0.25, 0.3) is 0 Å². The minimum absolute atomic E-state index is 0.0113. The fourth-order valence-electron chi connectivity index (χ4n) is 1.45. The fraction of sp³-hybridized carbons (Fsp3) is 1.00. The molecule has 0 aromatic carbocycles. The Bertz CT molecular complexity index is 182. The highest BCUT2D eigenvalue weighted by molar-refractivity contribution is 4.61. The zero-order chi connectivity index (χ0) is 13.8. The van der Waals surface area contributed by atoms with E-state index in [-0.39, 0.29) is 12.7 Å². The summed E-state index contributed by atoms with van der Waals surface area (Å²) in [5.41, 5.74) is 0. The second kappa shape index (κ2) is 11.8. The highest BCUT2D eigenvalue weighted by Crippen LogP contribution is 1.96. The van der Waals surface area contributed by atoms with Crippen LogP contribution >= 0.6 is 0 Å². The third-order valence-corrected chi connectivity index (χ3v) is 2.35. The van der Waals surface area contributed by atoms with Crippen LogP contribution < -0.4 is 0 Å². The molecule has 0 saturated heterocycles. The number of likely N-dealkylation sites (N-methyl/N-ethyl adjacent to an activating group) is 1. The third kappa shape index (κ3) is 10.9. The number of methoxy groups -OCH3 is 1. The summed E-state index contributed by atoms with van der Waals surface area (Å²) in [6.07, 6.45) is -0.532. The molecule has 6 heteroatoms. The number of aliphatic hydroxyl groups excluding tert-OH is 2. The number of ether oxygens (including phenoxy) is 3. The van der Waals surface area contributed by atoms with E-state index in [1.54, 1.807) is 7.11 Å². The predicted molar refractivity (Wildman–Crippen MR) is 68.7 cm³/mol. The van der Waals surface area contributed by atoms with Gasteiger partial charge in [-0.1, -0.05) is 0 Å². The summed E-state index contributed by atoms with van der Waals surface area (Å²) in [5.74, 6) is 0. The Morgan fingerprint density at radius 3 is 2.56 bits per heavy atom. The lowest BCUT2D eigenvalue weighted by Gasteiger charge is -2.21. The molecule has 0 heterocycles. The van der Waals surface area contributed by atoms with Crippen molar-refractivity contribution in [3.05, 3.63) is 0 Å². The van der Waals surface area contributed by atoms with Gasteiger partial charge in [-0.3, -0.25) is 0 Å². The highest BCUT2D eigenvalue weighted by atomic mass is 16.5. The number of nitrogens with zero attached hydrogens (tertiary/aromatic N) is 1. The summed E-state index contributed by atoms with van der Waals surface area (Å²) < 4.78 is 15.5. The van der Waals surface area contributed by atoms with Crippen molar-refractivity contribution in [2.75, 3.05) is 60.3 Å². The molecule has 0 aliphatic heterocycles. The van der Waals surface area contributed by atoms with Crippen molar-refractivity contribution in [3.63, 3.8) is 0 Å². The van der Waals surface area contributed by atoms with Gasteiger partial charge >= 0.3 is 0 Å². The summed E-state index contributed by atoms with van der Waals surface area (Å²) in [4.78, 5) is 1.96. The van der Waals surface area contributed by atoms with Crippen LogP contribution in [0.5, 0.6) is 0 Å². The number of aliphatic hydroxyl groups is 2. The van der Waals surface area contributed by atoms with Crippen LogP contribution in [0.4, 0.5) is 0 Å². The molecular weight excluding hydrogens is 238 g/mol. The molecule has 0 aliphatic rings. The molecule has 110 valence electrons. The molecule has 0 aromatic rings. The molecule has 0 rings (SSSR count). The first-order valence-electron chi connectivity index (χ1n) is 6.25. The third-order valence-electron chi connectivity index (χ3n) is 2.35. The first-order valence-corrected chi connectivity index (χ1v) is 6.25. The van der Waals surface area contributed by atoms with Crippen LogP contribution in [0, 0.1) is 0 Å². The lowest BCUT2D eigenvalue weighted by Crippen LogP contribution is -2.35. The van der Waals surface area contributed by atoms with Gasteiger partial charge < -0.3 is 29.3 Å². The van der Waals surface area contributed by atoms with Gasteiger partial charge in [-0.2, -0.15) is 0 Å². The van der Waals surface area contributed by atoms with Crippen molar-refractivity contribution in [2.45, 2.75) is 19.1 Å². The smallest absolute Gasteiger partial charge is 0.0900 e. The van der Waals surface area contributed by atoms with Gasteiger partial charge in [-0.15, -0.1) is 0 Å². The summed E-state index contributed by atoms with van der Waals surface area (Å²) in [6.45, 7) is 4.91. The number of hydrogen-bond acceptors (Lipinski definition) is 6. The lowest BCUT2D eigenvalue weighted by molar-refractivity contribution is -0.0395. The van der Waals surface area contributed by atoms with Crippen molar-refractivity contribution < 1.29 is 24.4 Å². The van der Waals surface area contributed by atoms with E-state index >= 15 is 0 Å². The van der Waals surface area contributed by atoms with E-state index in [4.69, 9.17) is 19.3 Å². The number of rotatable bonds is 12. The molecule has 18 heavy (non-hydrogen) atoms. The van der Waals surface area contributed by atoms with Gasteiger partial charge in [0.05, 0.1) is 45.2 Å². The predicted octanol–water partition coefficient (Wildman–Crippen LogP) is -0.660. The first-order chi connectivity index (χ1) is 8.60. The first kappa shape index (κ1) is 17.8. The van der Waals surface area contributed by atoms with Gasteiger partial charge in [-0.25, -0.2) is 0 Å². The maximum atomic E-state index is 9.75. The summed E-state index contributed by atoms with van der Waals surface area (Å²) in [5, 5.41) is 18.3. The minimum atomic E-state index is -0.521. The van der Waals surface area contributed by atoms with Crippen LogP contribution in [-0.2, 0) is 14.2 Å². The topological polar surface area (TPSA) is 71.4 Å². The fourth-order valence-corrected chi connectivity index (χ4v) is 1.45. The molecule has 0 bridgehead atoms. The normalized spacial score (nSPS) is 15.0. The molecule has 6 nitrogen and oxygen atoms in total. The molecule has 0 aliphatic carbocycles. The maximum absolute atomic E-state index is 9.75. The largest absolute Gasteiger partial charge is 0.394 e. The van der Waals surface area contributed by atoms with E-state index < -0.39 is 6.10 Å². The molecular formula is C12H27NO5. The Morgan fingerprint density at radius 1 is 1.22 bits per heavy atom. The second-order valence-corrected chi connectivity index (χ2v) is 4.35. The van der Waals surface area contributed by atoms with Gasteiger partial charge in [0.1, 0.15) is 0 Å². The van der Waals surface area contributed by atoms with Gasteiger partial charge in [0.15, 0.2) is 0 Å². The Labute approximate surface area is 109 Å². The monoisotopic (exact) mass is 265 g/mol. The Hall–Kier alpha value is -0.240. The van der Waals surface area contributed by atoms with E-state index in [1.807, 2.05) is 18.9 Å². The average molecular weight is 265 g/mol. The van der Waals surface area contributed by atoms with Crippen LogP contribution in [0.15, 0.2) is 0 Å². The van der Waals surface area contributed by atoms with Crippen molar-refractivity contribution in [1.29, 1.82) is 0 Å². The van der Waals surface area contributed by atoms with Crippen LogP contribution in [0.3, 0.4) is 0 Å². The summed E-state index contributed by atoms with van der Waals surface area (Å²) in [6, 6.07) is 0. The zero-order valence-electron chi connectivity index (χ0n) is 11.7. The van der Waals surface area contributed by atoms with E-state index in [9.17, 15) is 5.11 Å². The van der Waals surface area contributed by atoms with E-state index in [0.717, 1.165) is 0 Å². The zero-order valence-corrected chi connectivity index (χ0v) is 11.7. The molecule has 0 radical (unpaired) electrons. The van der Waals surface area contributed by atoms with Gasteiger partial charge in [0, 0.05) is 20.2 Å². The van der Waals surface area contributed by atoms with Crippen LogP contribution in [-0.4, -0.2) is 87.6 Å². The minimum Gasteiger partial charge on any atom is -0.394 e. The van der Waals surface area contributed by atoms with Gasteiger partial charge in [-0.05, 0) is 14.0 Å². The number of hydrogen-bond donors (Lipinski definition) is 2. The average Bonchev–Trinajstić information content (AvgIpc) is 2.32. The molecule has 0 aromatic heterocycles. The molecule has 0 spiro atoms. The Morgan fingerprint density at radius 2 is 1.94 bits per heavy atom. The molecule has 2 N–H and O–H groups in total. The van der Waals surface area contributed by atoms with E-state index in [0.29, 0.717) is 39.5 Å². The SMILES string of the molecule is COCC(C)OCC(O)CN(C)CCOCCO. The molecule has 2 atom stereocenters. The van der Waals surface area contributed by atoms with Crippen molar-refractivity contribution >= 4 is 0 Å². The van der Waals surface area contributed by atoms with Crippen LogP contribution in [0.25, 0.3) is 0 Å². The standard InChI is InChI=1S/C12H27NO5/c1-11(9-16-3)18-10-12(15)8-13(2)4-6-17-7-5-14/h11-12,14-15H,4-10H2,1-3H3. The van der Waals surface area contributed by atoms with Crippen molar-refractivity contribution in [1.82, 2.24) is 4.90 Å². The lowest BCUT2D eigenvalue weighted by atomic mass is 10.3. The summed E-state index contributed by atoms with van der Waals surface area (Å²) in [7, 11) is 3.53. The van der Waals surface area contributed by atoms with Gasteiger partial charge in [0.2, 0.25) is 0 Å².